The van der Waals surface area contributed by atoms with Crippen molar-refractivity contribution in [3.05, 3.63) is 83.5 Å². The molecule has 0 spiro atoms. The fraction of sp³-hybridized carbons (Fsp3) is 0.111. The standard InChI is InChI=1S/C18H16N2O3/c21-18-14-17(8-11-20(18)15-6-9-19-10-7-15)23-13-12-22-16-4-2-1-3-5-16/h1-11,14H,12-13H2. The van der Waals surface area contributed by atoms with E-state index >= 15 is 0 Å². The normalized spacial score (nSPS) is 10.3. The summed E-state index contributed by atoms with van der Waals surface area (Å²) in [6.07, 6.45) is 4.98. The van der Waals surface area contributed by atoms with Crippen molar-refractivity contribution >= 4 is 0 Å². The van der Waals surface area contributed by atoms with Gasteiger partial charge in [0.05, 0.1) is 5.69 Å². The molecule has 0 N–H and O–H groups in total. The van der Waals surface area contributed by atoms with Gasteiger partial charge < -0.3 is 9.47 Å². The van der Waals surface area contributed by atoms with Crippen LogP contribution in [-0.4, -0.2) is 22.8 Å². The Kier molecular flexibility index (Phi) is 4.69. The first kappa shape index (κ1) is 14.8. The van der Waals surface area contributed by atoms with E-state index in [0.29, 0.717) is 19.0 Å². The van der Waals surface area contributed by atoms with Crippen LogP contribution >= 0.6 is 0 Å². The van der Waals surface area contributed by atoms with Gasteiger partial charge in [-0.15, -0.1) is 0 Å². The molecule has 5 heteroatoms. The second-order valence-corrected chi connectivity index (χ2v) is 4.79. The fourth-order valence-corrected chi connectivity index (χ4v) is 2.10. The summed E-state index contributed by atoms with van der Waals surface area (Å²) in [5, 5.41) is 0. The van der Waals surface area contributed by atoms with Crippen LogP contribution in [-0.2, 0) is 0 Å². The van der Waals surface area contributed by atoms with Crippen LogP contribution in [0.2, 0.25) is 0 Å². The molecule has 0 unspecified atom stereocenters. The highest BCUT2D eigenvalue weighted by atomic mass is 16.5. The minimum Gasteiger partial charge on any atom is -0.490 e. The van der Waals surface area contributed by atoms with Gasteiger partial charge in [-0.2, -0.15) is 0 Å². The van der Waals surface area contributed by atoms with Crippen molar-refractivity contribution in [2.45, 2.75) is 0 Å². The Morgan fingerprint density at radius 1 is 0.870 bits per heavy atom. The lowest BCUT2D eigenvalue weighted by Gasteiger charge is -2.09. The number of benzene rings is 1. The van der Waals surface area contributed by atoms with Crippen molar-refractivity contribution in [3.8, 4) is 17.2 Å². The molecule has 0 amide bonds. The highest BCUT2D eigenvalue weighted by molar-refractivity contribution is 5.31. The zero-order valence-electron chi connectivity index (χ0n) is 12.5. The molecule has 0 fully saturated rings. The first-order valence-electron chi connectivity index (χ1n) is 7.27. The smallest absolute Gasteiger partial charge is 0.258 e. The number of ether oxygens (including phenoxy) is 2. The summed E-state index contributed by atoms with van der Waals surface area (Å²) >= 11 is 0. The third kappa shape index (κ3) is 3.97. The van der Waals surface area contributed by atoms with E-state index in [4.69, 9.17) is 9.47 Å². The van der Waals surface area contributed by atoms with E-state index in [9.17, 15) is 4.79 Å². The molecule has 0 atom stereocenters. The number of hydrogen-bond acceptors (Lipinski definition) is 4. The summed E-state index contributed by atoms with van der Waals surface area (Å²) in [7, 11) is 0. The predicted octanol–water partition coefficient (Wildman–Crippen LogP) is 2.69. The van der Waals surface area contributed by atoms with Gasteiger partial charge in [-0.25, -0.2) is 0 Å². The van der Waals surface area contributed by atoms with E-state index in [2.05, 4.69) is 4.98 Å². The zero-order chi connectivity index (χ0) is 15.9. The molecular weight excluding hydrogens is 292 g/mol. The van der Waals surface area contributed by atoms with Crippen LogP contribution in [0.4, 0.5) is 0 Å². The molecule has 2 aromatic heterocycles. The van der Waals surface area contributed by atoms with Crippen molar-refractivity contribution < 1.29 is 9.47 Å². The molecule has 0 aliphatic heterocycles. The van der Waals surface area contributed by atoms with Crippen molar-refractivity contribution in [2.24, 2.45) is 0 Å². The largest absolute Gasteiger partial charge is 0.490 e. The summed E-state index contributed by atoms with van der Waals surface area (Å²) in [6, 6.07) is 16.3. The molecule has 116 valence electrons. The maximum atomic E-state index is 12.1. The lowest BCUT2D eigenvalue weighted by Crippen LogP contribution is -2.17. The van der Waals surface area contributed by atoms with E-state index in [0.717, 1.165) is 11.4 Å². The zero-order valence-corrected chi connectivity index (χ0v) is 12.5. The molecule has 23 heavy (non-hydrogen) atoms. The Balaban J connectivity index is 1.57. The Hall–Kier alpha value is -3.08. The molecule has 3 aromatic rings. The fourth-order valence-electron chi connectivity index (χ4n) is 2.10. The highest BCUT2D eigenvalue weighted by Gasteiger charge is 2.02. The van der Waals surface area contributed by atoms with Crippen LogP contribution in [0.5, 0.6) is 11.5 Å². The molecule has 1 aromatic carbocycles. The third-order valence-electron chi connectivity index (χ3n) is 3.20. The van der Waals surface area contributed by atoms with Crippen molar-refractivity contribution in [1.82, 2.24) is 9.55 Å². The second-order valence-electron chi connectivity index (χ2n) is 4.79. The van der Waals surface area contributed by atoms with Crippen LogP contribution in [0.25, 0.3) is 5.69 Å². The number of rotatable bonds is 6. The van der Waals surface area contributed by atoms with Gasteiger partial charge in [-0.1, -0.05) is 18.2 Å². The molecule has 0 bridgehead atoms. The lowest BCUT2D eigenvalue weighted by molar-refractivity contribution is 0.217. The predicted molar refractivity (Wildman–Crippen MR) is 87.3 cm³/mol. The van der Waals surface area contributed by atoms with Crippen LogP contribution in [0.3, 0.4) is 0 Å². The number of para-hydroxylation sites is 1. The highest BCUT2D eigenvalue weighted by Crippen LogP contribution is 2.10. The quantitative estimate of drug-likeness (QED) is 0.657. The topological polar surface area (TPSA) is 53.4 Å². The van der Waals surface area contributed by atoms with Gasteiger partial charge in [0.25, 0.3) is 5.56 Å². The Labute approximate surface area is 133 Å². The monoisotopic (exact) mass is 308 g/mol. The third-order valence-corrected chi connectivity index (χ3v) is 3.20. The minimum atomic E-state index is -0.155. The van der Waals surface area contributed by atoms with E-state index in [1.165, 1.54) is 10.6 Å². The summed E-state index contributed by atoms with van der Waals surface area (Å²) in [5.41, 5.74) is 0.613. The summed E-state index contributed by atoms with van der Waals surface area (Å²) < 4.78 is 12.6. The van der Waals surface area contributed by atoms with Crippen LogP contribution in [0.1, 0.15) is 0 Å². The lowest BCUT2D eigenvalue weighted by atomic mass is 10.3. The number of aromatic nitrogens is 2. The second kappa shape index (κ2) is 7.26. The molecule has 0 saturated carbocycles. The molecule has 0 aliphatic rings. The van der Waals surface area contributed by atoms with Crippen LogP contribution in [0, 0.1) is 0 Å². The first-order valence-corrected chi connectivity index (χ1v) is 7.27. The van der Waals surface area contributed by atoms with Crippen molar-refractivity contribution in [2.75, 3.05) is 13.2 Å². The molecule has 0 saturated heterocycles. The van der Waals surface area contributed by atoms with Gasteiger partial charge in [0.2, 0.25) is 0 Å². The van der Waals surface area contributed by atoms with Gasteiger partial charge in [0.1, 0.15) is 24.7 Å². The van der Waals surface area contributed by atoms with Gasteiger partial charge in [-0.05, 0) is 30.3 Å². The Morgan fingerprint density at radius 2 is 1.57 bits per heavy atom. The summed E-state index contributed by atoms with van der Waals surface area (Å²) in [5.74, 6) is 1.32. The maximum absolute atomic E-state index is 12.1. The Bertz CT molecular complexity index is 801. The van der Waals surface area contributed by atoms with E-state index in [1.54, 1.807) is 36.8 Å². The number of nitrogens with zero attached hydrogens (tertiary/aromatic N) is 2. The van der Waals surface area contributed by atoms with E-state index in [-0.39, 0.29) is 5.56 Å². The van der Waals surface area contributed by atoms with Gasteiger partial charge in [0, 0.05) is 24.7 Å². The Morgan fingerprint density at radius 3 is 2.26 bits per heavy atom. The molecule has 3 rings (SSSR count). The van der Waals surface area contributed by atoms with Crippen LogP contribution in [0.15, 0.2) is 78.0 Å². The van der Waals surface area contributed by atoms with E-state index in [1.807, 2.05) is 30.3 Å². The SMILES string of the molecule is O=c1cc(OCCOc2ccccc2)ccn1-c1ccncc1. The number of hydrogen-bond donors (Lipinski definition) is 0. The average Bonchev–Trinajstić information content (AvgIpc) is 2.60. The van der Waals surface area contributed by atoms with Crippen LogP contribution < -0.4 is 15.0 Å². The summed E-state index contributed by atoms with van der Waals surface area (Å²) in [4.78, 5) is 16.1. The van der Waals surface area contributed by atoms with Crippen molar-refractivity contribution in [1.29, 1.82) is 0 Å². The molecule has 5 nitrogen and oxygen atoms in total. The molecule has 2 heterocycles. The molecule has 0 radical (unpaired) electrons. The van der Waals surface area contributed by atoms with Crippen molar-refractivity contribution in [3.63, 3.8) is 0 Å². The van der Waals surface area contributed by atoms with E-state index < -0.39 is 0 Å². The van der Waals surface area contributed by atoms with Gasteiger partial charge in [0.15, 0.2) is 0 Å². The summed E-state index contributed by atoms with van der Waals surface area (Å²) in [6.45, 7) is 0.783. The van der Waals surface area contributed by atoms with Gasteiger partial charge >= 0.3 is 0 Å². The maximum Gasteiger partial charge on any atom is 0.258 e. The average molecular weight is 308 g/mol. The first-order chi connectivity index (χ1) is 11.3. The molecule has 0 aliphatic carbocycles. The molecular formula is C18H16N2O3. The van der Waals surface area contributed by atoms with Gasteiger partial charge in [-0.3, -0.25) is 14.3 Å². The number of pyridine rings is 2. The minimum absolute atomic E-state index is 0.155.